The van der Waals surface area contributed by atoms with E-state index in [0.717, 1.165) is 5.56 Å². The van der Waals surface area contributed by atoms with E-state index in [4.69, 9.17) is 27.6 Å². The van der Waals surface area contributed by atoms with Gasteiger partial charge in [-0.05, 0) is 64.6 Å². The van der Waals surface area contributed by atoms with Crippen LogP contribution in [0, 0.1) is 3.77 Å². The topological polar surface area (TPSA) is 71.3 Å². The van der Waals surface area contributed by atoms with Crippen LogP contribution in [0.2, 0.25) is 10.0 Å². The molecule has 5 nitrogen and oxygen atoms in total. The molecule has 3 aromatic rings. The van der Waals surface area contributed by atoms with Gasteiger partial charge in [-0.3, -0.25) is 9.59 Å². The second-order valence-electron chi connectivity index (χ2n) is 5.95. The number of benzene rings is 2. The lowest BCUT2D eigenvalue weighted by atomic mass is 10.2. The predicted octanol–water partition coefficient (Wildman–Crippen LogP) is 5.28. The number of halogens is 3. The molecular weight excluding hydrogens is 526 g/mol. The van der Waals surface area contributed by atoms with Gasteiger partial charge >= 0.3 is 0 Å². The Morgan fingerprint density at radius 2 is 1.76 bits per heavy atom. The standard InChI is InChI=1S/C21H15Cl2IN2O3/c22-16-8-6-13(10-17(16)23)12-25-21(28)18(11-15-7-9-19(24)29-15)26-20(27)14-4-2-1-3-5-14/h1-11H,12H2,(H,25,28)(H,26,27)/b18-11+. The van der Waals surface area contributed by atoms with Crippen molar-refractivity contribution in [2.45, 2.75) is 6.54 Å². The maximum Gasteiger partial charge on any atom is 0.268 e. The van der Waals surface area contributed by atoms with Crippen molar-refractivity contribution in [1.29, 1.82) is 0 Å². The number of carbonyl (C=O) groups excluding carboxylic acids is 2. The summed E-state index contributed by atoms with van der Waals surface area (Å²) in [5.74, 6) is -0.419. The van der Waals surface area contributed by atoms with E-state index in [0.29, 0.717) is 25.1 Å². The Morgan fingerprint density at radius 3 is 2.41 bits per heavy atom. The number of carbonyl (C=O) groups is 2. The Labute approximate surface area is 191 Å². The van der Waals surface area contributed by atoms with Gasteiger partial charge in [0.1, 0.15) is 11.5 Å². The molecular formula is C21H15Cl2IN2O3. The Kier molecular flexibility index (Phi) is 7.35. The van der Waals surface area contributed by atoms with Gasteiger partial charge in [0, 0.05) is 18.2 Å². The third kappa shape index (κ3) is 6.09. The van der Waals surface area contributed by atoms with Crippen LogP contribution in [0.25, 0.3) is 6.08 Å². The number of amides is 2. The highest BCUT2D eigenvalue weighted by molar-refractivity contribution is 14.1. The zero-order valence-corrected chi connectivity index (χ0v) is 18.6. The highest BCUT2D eigenvalue weighted by Gasteiger charge is 2.15. The molecule has 0 aliphatic carbocycles. The van der Waals surface area contributed by atoms with Crippen molar-refractivity contribution in [1.82, 2.24) is 10.6 Å². The fourth-order valence-corrected chi connectivity index (χ4v) is 3.17. The molecule has 0 bridgehead atoms. The summed E-state index contributed by atoms with van der Waals surface area (Å²) in [7, 11) is 0. The molecule has 148 valence electrons. The second kappa shape index (κ2) is 9.96. The van der Waals surface area contributed by atoms with Crippen LogP contribution in [0.4, 0.5) is 0 Å². The van der Waals surface area contributed by atoms with Crippen molar-refractivity contribution in [3.05, 3.63) is 97.1 Å². The monoisotopic (exact) mass is 540 g/mol. The van der Waals surface area contributed by atoms with Crippen LogP contribution in [-0.4, -0.2) is 11.8 Å². The number of furan rings is 1. The molecule has 0 fully saturated rings. The summed E-state index contributed by atoms with van der Waals surface area (Å²) in [6.45, 7) is 0.212. The molecule has 0 atom stereocenters. The summed E-state index contributed by atoms with van der Waals surface area (Å²) in [6, 6.07) is 17.2. The van der Waals surface area contributed by atoms with E-state index in [-0.39, 0.29) is 12.2 Å². The molecule has 0 spiro atoms. The van der Waals surface area contributed by atoms with E-state index in [9.17, 15) is 9.59 Å². The average Bonchev–Trinajstić information content (AvgIpc) is 3.13. The summed E-state index contributed by atoms with van der Waals surface area (Å²) in [5, 5.41) is 6.25. The van der Waals surface area contributed by atoms with Crippen LogP contribution >= 0.6 is 45.8 Å². The first-order chi connectivity index (χ1) is 13.9. The molecule has 2 aromatic carbocycles. The van der Waals surface area contributed by atoms with E-state index in [1.54, 1.807) is 54.6 Å². The number of hydrogen-bond acceptors (Lipinski definition) is 3. The first-order valence-corrected chi connectivity index (χ1v) is 10.3. The van der Waals surface area contributed by atoms with Crippen molar-refractivity contribution in [2.24, 2.45) is 0 Å². The lowest BCUT2D eigenvalue weighted by Crippen LogP contribution is -2.34. The smallest absolute Gasteiger partial charge is 0.268 e. The lowest BCUT2D eigenvalue weighted by molar-refractivity contribution is -0.117. The van der Waals surface area contributed by atoms with Crippen molar-refractivity contribution < 1.29 is 14.0 Å². The van der Waals surface area contributed by atoms with Crippen molar-refractivity contribution in [2.75, 3.05) is 0 Å². The first-order valence-electron chi connectivity index (χ1n) is 8.48. The van der Waals surface area contributed by atoms with E-state index >= 15 is 0 Å². The van der Waals surface area contributed by atoms with Gasteiger partial charge in [-0.1, -0.05) is 47.5 Å². The number of nitrogens with one attached hydrogen (secondary N) is 2. The van der Waals surface area contributed by atoms with Gasteiger partial charge in [-0.15, -0.1) is 0 Å². The molecule has 8 heteroatoms. The van der Waals surface area contributed by atoms with Crippen molar-refractivity contribution in [3.8, 4) is 0 Å². The molecule has 0 radical (unpaired) electrons. The van der Waals surface area contributed by atoms with E-state index in [1.165, 1.54) is 6.08 Å². The minimum atomic E-state index is -0.466. The molecule has 0 aliphatic heterocycles. The Morgan fingerprint density at radius 1 is 1.00 bits per heavy atom. The van der Waals surface area contributed by atoms with Crippen molar-refractivity contribution >= 4 is 63.7 Å². The van der Waals surface area contributed by atoms with Gasteiger partial charge in [0.05, 0.1) is 10.0 Å². The molecule has 3 rings (SSSR count). The Bertz CT molecular complexity index is 1060. The van der Waals surface area contributed by atoms with Gasteiger partial charge in [-0.2, -0.15) is 0 Å². The van der Waals surface area contributed by atoms with Gasteiger partial charge < -0.3 is 15.1 Å². The third-order valence-corrected chi connectivity index (χ3v) is 5.17. The average molecular weight is 541 g/mol. The largest absolute Gasteiger partial charge is 0.451 e. The van der Waals surface area contributed by atoms with Crippen LogP contribution in [0.1, 0.15) is 21.7 Å². The maximum absolute atomic E-state index is 12.7. The van der Waals surface area contributed by atoms with E-state index in [1.807, 2.05) is 28.7 Å². The van der Waals surface area contributed by atoms with Gasteiger partial charge in [0.15, 0.2) is 3.77 Å². The molecule has 0 unspecified atom stereocenters. The molecule has 2 amide bonds. The van der Waals surface area contributed by atoms with Crippen LogP contribution < -0.4 is 10.6 Å². The fraction of sp³-hybridized carbons (Fsp3) is 0.0476. The fourth-order valence-electron chi connectivity index (χ4n) is 2.42. The minimum Gasteiger partial charge on any atom is -0.451 e. The normalized spacial score (nSPS) is 11.2. The highest BCUT2D eigenvalue weighted by Crippen LogP contribution is 2.22. The maximum atomic E-state index is 12.7. The molecule has 2 N–H and O–H groups in total. The number of hydrogen-bond donors (Lipinski definition) is 2. The molecule has 29 heavy (non-hydrogen) atoms. The zero-order chi connectivity index (χ0) is 20.8. The number of rotatable bonds is 6. The predicted molar refractivity (Wildman–Crippen MR) is 122 cm³/mol. The third-order valence-electron chi connectivity index (χ3n) is 3.85. The van der Waals surface area contributed by atoms with Crippen LogP contribution in [0.3, 0.4) is 0 Å². The summed E-state index contributed by atoms with van der Waals surface area (Å²) in [6.07, 6.45) is 1.48. The minimum absolute atomic E-state index is 0.0599. The summed E-state index contributed by atoms with van der Waals surface area (Å²) >= 11 is 13.9. The second-order valence-corrected chi connectivity index (χ2v) is 7.83. The van der Waals surface area contributed by atoms with Crippen molar-refractivity contribution in [3.63, 3.8) is 0 Å². The van der Waals surface area contributed by atoms with Gasteiger partial charge in [0.2, 0.25) is 0 Å². The molecule has 0 saturated carbocycles. The van der Waals surface area contributed by atoms with Crippen LogP contribution in [0.5, 0.6) is 0 Å². The van der Waals surface area contributed by atoms with Crippen LogP contribution in [0.15, 0.2) is 70.8 Å². The highest BCUT2D eigenvalue weighted by atomic mass is 127. The van der Waals surface area contributed by atoms with Gasteiger partial charge in [0.25, 0.3) is 11.8 Å². The molecule has 1 heterocycles. The lowest BCUT2D eigenvalue weighted by Gasteiger charge is -2.11. The van der Waals surface area contributed by atoms with E-state index < -0.39 is 11.8 Å². The van der Waals surface area contributed by atoms with E-state index in [2.05, 4.69) is 10.6 Å². The quantitative estimate of drug-likeness (QED) is 0.330. The zero-order valence-electron chi connectivity index (χ0n) is 14.9. The molecule has 1 aromatic heterocycles. The SMILES string of the molecule is O=C(NCc1ccc(Cl)c(Cl)c1)/C(=C\c1ccc(I)o1)NC(=O)c1ccccc1. The first kappa shape index (κ1) is 21.4. The van der Waals surface area contributed by atoms with Gasteiger partial charge in [-0.25, -0.2) is 0 Å². The summed E-state index contributed by atoms with van der Waals surface area (Å²) in [4.78, 5) is 25.3. The Balaban J connectivity index is 1.78. The summed E-state index contributed by atoms with van der Waals surface area (Å²) in [5.41, 5.74) is 1.27. The summed E-state index contributed by atoms with van der Waals surface area (Å²) < 4.78 is 6.16. The Hall–Kier alpha value is -2.29. The molecule has 0 saturated heterocycles. The molecule has 0 aliphatic rings. The van der Waals surface area contributed by atoms with Crippen LogP contribution in [-0.2, 0) is 11.3 Å².